The molecule has 9 heavy (non-hydrogen) atoms. The van der Waals surface area contributed by atoms with Gasteiger partial charge in [0.2, 0.25) is 0 Å². The summed E-state index contributed by atoms with van der Waals surface area (Å²) in [4.78, 5) is 0. The Kier molecular flexibility index (Phi) is 6.42. The van der Waals surface area contributed by atoms with E-state index in [0.717, 1.165) is 0 Å². The van der Waals surface area contributed by atoms with E-state index in [1.54, 1.807) is 0 Å². The molecule has 1 nitrogen and oxygen atoms in total. The largest absolute Gasteiger partial charge is 0.330 e. The lowest BCUT2D eigenvalue weighted by Crippen LogP contribution is -2.26. The van der Waals surface area contributed by atoms with Gasteiger partial charge in [-0.1, -0.05) is 33.2 Å². The molecule has 0 amide bonds. The summed E-state index contributed by atoms with van der Waals surface area (Å²) in [5.74, 6) is 0. The fraction of sp³-hybridized carbons (Fsp3) is 1.00. The van der Waals surface area contributed by atoms with Crippen molar-refractivity contribution in [1.29, 1.82) is 0 Å². The highest BCUT2D eigenvalue weighted by Gasteiger charge is 1.95. The minimum atomic E-state index is 0.159. The van der Waals surface area contributed by atoms with E-state index in [4.69, 9.17) is 0 Å². The molecule has 0 aromatic carbocycles. The van der Waals surface area contributed by atoms with Gasteiger partial charge in [-0.2, -0.15) is 0 Å². The van der Waals surface area contributed by atoms with Crippen LogP contribution in [0.2, 0.25) is 6.04 Å². The second-order valence-electron chi connectivity index (χ2n) is 2.38. The summed E-state index contributed by atoms with van der Waals surface area (Å²) in [6, 6.07) is 1.49. The highest BCUT2D eigenvalue weighted by molar-refractivity contribution is 6.31. The maximum absolute atomic E-state index is 2.60. The molecular weight excluding hydrogens is 126 g/mol. The second-order valence-corrected chi connectivity index (χ2v) is 4.43. The third-order valence-electron chi connectivity index (χ3n) is 1.72. The number of hydrogen-bond donors (Lipinski definition) is 0. The first-order chi connectivity index (χ1) is 4.35. The van der Waals surface area contributed by atoms with E-state index in [2.05, 4.69) is 25.3 Å². The molecule has 0 aliphatic rings. The van der Waals surface area contributed by atoms with E-state index in [0.29, 0.717) is 0 Å². The van der Waals surface area contributed by atoms with E-state index in [9.17, 15) is 0 Å². The minimum absolute atomic E-state index is 0.159. The van der Waals surface area contributed by atoms with E-state index >= 15 is 0 Å². The highest BCUT2D eigenvalue weighted by Crippen LogP contribution is 1.90. The van der Waals surface area contributed by atoms with Crippen molar-refractivity contribution in [3.05, 3.63) is 0 Å². The molecule has 56 valence electrons. The lowest BCUT2D eigenvalue weighted by molar-refractivity contribution is 0.491. The molecule has 0 aliphatic heterocycles. The van der Waals surface area contributed by atoms with Crippen LogP contribution in [0.4, 0.5) is 0 Å². The fourth-order valence-corrected chi connectivity index (χ4v) is 2.32. The van der Waals surface area contributed by atoms with Crippen LogP contribution in [0.5, 0.6) is 0 Å². The standard InChI is InChI=1S/C7H19NSi/c1-4-7-9-8(5-2)6-3/h4-7,9H2,1-3H3. The SMILES string of the molecule is CCC[SiH2]N(CC)CC. The Morgan fingerprint density at radius 3 is 2.00 bits per heavy atom. The van der Waals surface area contributed by atoms with Crippen LogP contribution < -0.4 is 0 Å². The van der Waals surface area contributed by atoms with Gasteiger partial charge in [0.25, 0.3) is 0 Å². The van der Waals surface area contributed by atoms with Crippen LogP contribution in [0.3, 0.4) is 0 Å². The zero-order valence-electron chi connectivity index (χ0n) is 6.98. The second kappa shape index (κ2) is 6.30. The summed E-state index contributed by atoms with van der Waals surface area (Å²) >= 11 is 0. The normalized spacial score (nSPS) is 12.0. The van der Waals surface area contributed by atoms with Gasteiger partial charge in [-0.25, -0.2) is 0 Å². The van der Waals surface area contributed by atoms with Crippen molar-refractivity contribution >= 4 is 9.68 Å². The number of nitrogens with zero attached hydrogens (tertiary/aromatic N) is 1. The molecule has 0 radical (unpaired) electrons. The summed E-state index contributed by atoms with van der Waals surface area (Å²) in [6.07, 6.45) is 1.38. The van der Waals surface area contributed by atoms with E-state index in [-0.39, 0.29) is 9.68 Å². The predicted octanol–water partition coefficient (Wildman–Crippen LogP) is 1.24. The van der Waals surface area contributed by atoms with Gasteiger partial charge in [-0.3, -0.25) is 0 Å². The molecule has 0 N–H and O–H groups in total. The monoisotopic (exact) mass is 145 g/mol. The predicted molar refractivity (Wildman–Crippen MR) is 46.6 cm³/mol. The Morgan fingerprint density at radius 2 is 1.67 bits per heavy atom. The summed E-state index contributed by atoms with van der Waals surface area (Å²) in [5, 5.41) is 0. The summed E-state index contributed by atoms with van der Waals surface area (Å²) in [6.45, 7) is 9.32. The van der Waals surface area contributed by atoms with Crippen molar-refractivity contribution in [3.8, 4) is 0 Å². The molecule has 0 unspecified atom stereocenters. The van der Waals surface area contributed by atoms with Crippen LogP contribution in [0.1, 0.15) is 27.2 Å². The Hall–Kier alpha value is 0.177. The van der Waals surface area contributed by atoms with Crippen LogP contribution in [0, 0.1) is 0 Å². The van der Waals surface area contributed by atoms with E-state index < -0.39 is 0 Å². The van der Waals surface area contributed by atoms with Gasteiger partial charge < -0.3 is 4.57 Å². The topological polar surface area (TPSA) is 3.24 Å². The van der Waals surface area contributed by atoms with Crippen LogP contribution in [-0.2, 0) is 0 Å². The Bertz CT molecular complexity index is 52.9. The molecule has 0 fully saturated rings. The first kappa shape index (κ1) is 9.18. The molecule has 0 heterocycles. The lowest BCUT2D eigenvalue weighted by Gasteiger charge is -2.16. The third-order valence-corrected chi connectivity index (χ3v) is 4.27. The molecular formula is C7H19NSi. The van der Waals surface area contributed by atoms with Crippen molar-refractivity contribution in [2.24, 2.45) is 0 Å². The smallest absolute Gasteiger partial charge is 0.0950 e. The van der Waals surface area contributed by atoms with Crippen molar-refractivity contribution in [3.63, 3.8) is 0 Å². The van der Waals surface area contributed by atoms with Gasteiger partial charge in [0.15, 0.2) is 0 Å². The third kappa shape index (κ3) is 4.67. The fourth-order valence-electron chi connectivity index (χ4n) is 0.922. The number of rotatable bonds is 5. The van der Waals surface area contributed by atoms with Gasteiger partial charge in [-0.05, 0) is 13.1 Å². The van der Waals surface area contributed by atoms with E-state index in [1.807, 2.05) is 0 Å². The van der Waals surface area contributed by atoms with Crippen molar-refractivity contribution < 1.29 is 0 Å². The minimum Gasteiger partial charge on any atom is -0.330 e. The summed E-state index contributed by atoms with van der Waals surface area (Å²) < 4.78 is 2.60. The maximum atomic E-state index is 2.60. The molecule has 0 spiro atoms. The van der Waals surface area contributed by atoms with Crippen LogP contribution in [0.15, 0.2) is 0 Å². The lowest BCUT2D eigenvalue weighted by atomic mass is 10.6. The van der Waals surface area contributed by atoms with E-state index in [1.165, 1.54) is 25.6 Å². The first-order valence-electron chi connectivity index (χ1n) is 4.07. The van der Waals surface area contributed by atoms with Crippen molar-refractivity contribution in [1.82, 2.24) is 4.57 Å². The quantitative estimate of drug-likeness (QED) is 0.526. The van der Waals surface area contributed by atoms with Gasteiger partial charge in [0.05, 0.1) is 9.68 Å². The maximum Gasteiger partial charge on any atom is 0.0950 e. The highest BCUT2D eigenvalue weighted by atomic mass is 28.2. The van der Waals surface area contributed by atoms with Gasteiger partial charge in [0.1, 0.15) is 0 Å². The van der Waals surface area contributed by atoms with Crippen molar-refractivity contribution in [2.45, 2.75) is 33.2 Å². The molecule has 0 rings (SSSR count). The molecule has 0 saturated heterocycles. The molecule has 0 saturated carbocycles. The average molecular weight is 145 g/mol. The van der Waals surface area contributed by atoms with Crippen LogP contribution in [0.25, 0.3) is 0 Å². The van der Waals surface area contributed by atoms with Gasteiger partial charge in [0, 0.05) is 0 Å². The van der Waals surface area contributed by atoms with Gasteiger partial charge in [-0.15, -0.1) is 0 Å². The zero-order valence-corrected chi connectivity index (χ0v) is 8.40. The zero-order chi connectivity index (χ0) is 7.11. The Morgan fingerprint density at radius 1 is 1.11 bits per heavy atom. The molecule has 0 aromatic rings. The molecule has 2 heteroatoms. The number of hydrogen-bond acceptors (Lipinski definition) is 1. The molecule has 0 atom stereocenters. The average Bonchev–Trinajstić information content (AvgIpc) is 1.91. The van der Waals surface area contributed by atoms with Crippen LogP contribution in [-0.4, -0.2) is 27.3 Å². The molecule has 0 aliphatic carbocycles. The van der Waals surface area contributed by atoms with Crippen LogP contribution >= 0.6 is 0 Å². The molecule has 0 bridgehead atoms. The summed E-state index contributed by atoms with van der Waals surface area (Å²) in [7, 11) is 0.159. The molecule has 0 aromatic heterocycles. The first-order valence-corrected chi connectivity index (χ1v) is 5.70. The van der Waals surface area contributed by atoms with Gasteiger partial charge >= 0.3 is 0 Å². The van der Waals surface area contributed by atoms with Crippen molar-refractivity contribution in [2.75, 3.05) is 13.1 Å². The Balaban J connectivity index is 3.09. The Labute approximate surface area is 61.3 Å². The summed E-state index contributed by atoms with van der Waals surface area (Å²) in [5.41, 5.74) is 0.